The summed E-state index contributed by atoms with van der Waals surface area (Å²) in [5.74, 6) is 1.21. The smallest absolute Gasteiger partial charge is 0.508 e. The fourth-order valence-electron chi connectivity index (χ4n) is 2.78. The van der Waals surface area contributed by atoms with Crippen molar-refractivity contribution < 1.29 is 42.6 Å². The lowest BCUT2D eigenvalue weighted by Crippen LogP contribution is -2.51. The van der Waals surface area contributed by atoms with Crippen molar-refractivity contribution in [1.82, 2.24) is 0 Å². The molecule has 0 bridgehead atoms. The number of alkyl halides is 1. The number of hydrogen-bond donors (Lipinski definition) is 2. The zero-order valence-corrected chi connectivity index (χ0v) is 20.7. The first-order valence-electron chi connectivity index (χ1n) is 10.5. The third-order valence-corrected chi connectivity index (χ3v) is 5.34. The van der Waals surface area contributed by atoms with Crippen molar-refractivity contribution in [3.8, 4) is 11.5 Å². The zero-order valence-electron chi connectivity index (χ0n) is 20.0. The van der Waals surface area contributed by atoms with Crippen LogP contribution < -0.4 is 0 Å². The van der Waals surface area contributed by atoms with Crippen LogP contribution in [0.1, 0.15) is 25.0 Å². The lowest BCUT2D eigenvalue weighted by molar-refractivity contribution is 0.0958. The monoisotopic (exact) mass is 494 g/mol. The van der Waals surface area contributed by atoms with Crippen LogP contribution in [-0.2, 0) is 37.8 Å². The number of benzene rings is 2. The Balaban J connectivity index is 0.000000207. The number of ether oxygens (including phenoxy) is 1. The van der Waals surface area contributed by atoms with Crippen LogP contribution in [0, 0.1) is 0 Å². The van der Waals surface area contributed by atoms with Crippen molar-refractivity contribution >= 4 is 33.6 Å². The molecule has 2 N–H and O–H groups in total. The quantitative estimate of drug-likeness (QED) is 0.356. The Labute approximate surface area is 206 Å². The summed E-state index contributed by atoms with van der Waals surface area (Å²) in [7, 11) is 1.84. The van der Waals surface area contributed by atoms with Crippen LogP contribution in [0.5, 0.6) is 11.5 Å². The molecule has 0 aliphatic carbocycles. The van der Waals surface area contributed by atoms with E-state index in [1.165, 1.54) is 21.3 Å². The largest absolute Gasteiger partial charge is 0.615 e. The highest BCUT2D eigenvalue weighted by Crippen LogP contribution is 2.32. The van der Waals surface area contributed by atoms with E-state index in [1.54, 1.807) is 24.3 Å². The third-order valence-electron chi connectivity index (χ3n) is 5.00. The van der Waals surface area contributed by atoms with Crippen LogP contribution in [0.25, 0.3) is 0 Å². The van der Waals surface area contributed by atoms with E-state index in [0.29, 0.717) is 12.0 Å². The van der Waals surface area contributed by atoms with E-state index in [2.05, 4.69) is 13.8 Å². The second-order valence-electron chi connectivity index (χ2n) is 7.81. The first-order chi connectivity index (χ1) is 16.2. The molecule has 0 amide bonds. The van der Waals surface area contributed by atoms with Gasteiger partial charge in [0.2, 0.25) is 0 Å². The van der Waals surface area contributed by atoms with E-state index in [-0.39, 0.29) is 16.9 Å². The highest BCUT2D eigenvalue weighted by atomic mass is 35.5. The summed E-state index contributed by atoms with van der Waals surface area (Å²) >= 11 is 5.27. The van der Waals surface area contributed by atoms with Gasteiger partial charge in [-0.3, -0.25) is 0 Å². The van der Waals surface area contributed by atoms with Gasteiger partial charge in [-0.25, -0.2) is 0 Å². The van der Waals surface area contributed by atoms with Gasteiger partial charge in [-0.15, -0.1) is 11.6 Å². The van der Waals surface area contributed by atoms with Gasteiger partial charge in [-0.2, -0.15) is 0 Å². The predicted octanol–water partition coefficient (Wildman–Crippen LogP) is 2.99. The summed E-state index contributed by atoms with van der Waals surface area (Å²) in [5.41, 5.74) is 2.10. The van der Waals surface area contributed by atoms with Crippen LogP contribution in [0.3, 0.4) is 0 Å². The minimum absolute atomic E-state index is 0.151. The molecule has 184 valence electrons. The molecule has 0 aromatic heterocycles. The molecule has 2 aromatic carbocycles. The van der Waals surface area contributed by atoms with Gasteiger partial charge in [0.05, 0.1) is 18.6 Å². The molecule has 1 atom stereocenters. The highest BCUT2D eigenvalue weighted by molar-refractivity contribution is 6.66. The molecule has 9 nitrogen and oxygen atoms in total. The third kappa shape index (κ3) is 9.12. The molecule has 4 rings (SSSR count). The van der Waals surface area contributed by atoms with Crippen molar-refractivity contribution in [2.75, 3.05) is 33.8 Å². The summed E-state index contributed by atoms with van der Waals surface area (Å²) in [6.45, 7) is 5.11. The molecule has 2 saturated heterocycles. The van der Waals surface area contributed by atoms with Crippen LogP contribution in [0.15, 0.2) is 48.5 Å². The molecular weight excluding hydrogens is 464 g/mol. The van der Waals surface area contributed by atoms with E-state index in [9.17, 15) is 10.2 Å². The first-order valence-corrected chi connectivity index (χ1v) is 11.1. The molecule has 0 radical (unpaired) electrons. The lowest BCUT2D eigenvalue weighted by atomic mass is 9.78. The van der Waals surface area contributed by atoms with Gasteiger partial charge < -0.3 is 42.6 Å². The first kappa shape index (κ1) is 28.5. The van der Waals surface area contributed by atoms with E-state index in [0.717, 1.165) is 17.7 Å². The second kappa shape index (κ2) is 14.0. The SMILES string of the molecule is CC(C)(c1ccc(O)cc1)c1ccc(O)cc1.COB1OB(OC)OB(OC)O1.ClCC1CO1. The maximum Gasteiger partial charge on any atom is 0.615 e. The van der Waals surface area contributed by atoms with E-state index >= 15 is 0 Å². The summed E-state index contributed by atoms with van der Waals surface area (Å²) in [4.78, 5) is 0. The van der Waals surface area contributed by atoms with Crippen LogP contribution in [0.4, 0.5) is 0 Å². The Morgan fingerprint density at radius 1 is 0.794 bits per heavy atom. The zero-order chi connectivity index (χ0) is 25.1. The van der Waals surface area contributed by atoms with Gasteiger partial charge in [-0.1, -0.05) is 38.1 Å². The van der Waals surface area contributed by atoms with Crippen molar-refractivity contribution in [3.05, 3.63) is 59.7 Å². The maximum absolute atomic E-state index is 9.30. The fourth-order valence-corrected chi connectivity index (χ4v) is 2.96. The summed E-state index contributed by atoms with van der Waals surface area (Å²) in [5, 5.41) is 18.6. The Kier molecular flexibility index (Phi) is 11.7. The second-order valence-corrected chi connectivity index (χ2v) is 8.12. The van der Waals surface area contributed by atoms with Crippen molar-refractivity contribution in [3.63, 3.8) is 0 Å². The minimum Gasteiger partial charge on any atom is -0.508 e. The molecule has 2 fully saturated rings. The number of halogens is 1. The minimum atomic E-state index is -0.825. The maximum atomic E-state index is 9.30. The Hall–Kier alpha value is -1.76. The summed E-state index contributed by atoms with van der Waals surface area (Å²) in [6, 6.07) is 14.4. The van der Waals surface area contributed by atoms with Gasteiger partial charge in [-0.05, 0) is 35.4 Å². The van der Waals surface area contributed by atoms with Gasteiger partial charge in [0.1, 0.15) is 11.5 Å². The standard InChI is InChI=1S/C15H16O2.C3H9B3O6.C3H5ClO/c1-15(2,11-3-7-13(16)8-4-11)12-5-9-14(17)10-6-12;1-7-4-10-5(8-2)12-6(9-3)11-4;4-1-3-2-5-3/h3-10,16-17H,1-2H3;1-3H3;3H,1-2H2. The van der Waals surface area contributed by atoms with Gasteiger partial charge in [0.15, 0.2) is 0 Å². The van der Waals surface area contributed by atoms with Gasteiger partial charge in [0.25, 0.3) is 0 Å². The van der Waals surface area contributed by atoms with E-state index in [4.69, 9.17) is 44.0 Å². The molecule has 2 aromatic rings. The average Bonchev–Trinajstić information content (AvgIpc) is 3.70. The number of aromatic hydroxyl groups is 2. The Morgan fingerprint density at radius 2 is 1.12 bits per heavy atom. The molecule has 2 heterocycles. The molecule has 2 aliphatic heterocycles. The van der Waals surface area contributed by atoms with Crippen molar-refractivity contribution in [2.24, 2.45) is 0 Å². The van der Waals surface area contributed by atoms with Gasteiger partial charge >= 0.3 is 22.0 Å². The topological polar surface area (TPSA) is 108 Å². The molecule has 0 saturated carbocycles. The lowest BCUT2D eigenvalue weighted by Gasteiger charge is -2.26. The molecule has 13 heteroatoms. The molecule has 34 heavy (non-hydrogen) atoms. The van der Waals surface area contributed by atoms with Crippen molar-refractivity contribution in [2.45, 2.75) is 25.4 Å². The van der Waals surface area contributed by atoms with E-state index < -0.39 is 22.0 Å². The fraction of sp³-hybridized carbons (Fsp3) is 0.429. The van der Waals surface area contributed by atoms with E-state index in [1.807, 2.05) is 24.3 Å². The normalized spacial score (nSPS) is 17.4. The predicted molar refractivity (Wildman–Crippen MR) is 130 cm³/mol. The molecular formula is C21H30B3ClO9. The highest BCUT2D eigenvalue weighted by Gasteiger charge is 2.44. The van der Waals surface area contributed by atoms with Crippen LogP contribution in [-0.4, -0.2) is 72.1 Å². The molecule has 0 spiro atoms. The number of rotatable bonds is 6. The number of phenols is 2. The number of phenolic OH excluding ortho intramolecular Hbond substituents is 2. The van der Waals surface area contributed by atoms with Crippen molar-refractivity contribution in [1.29, 1.82) is 0 Å². The van der Waals surface area contributed by atoms with Crippen LogP contribution >= 0.6 is 11.6 Å². The summed E-state index contributed by atoms with van der Waals surface area (Å²) < 4.78 is 33.9. The number of epoxide rings is 1. The van der Waals surface area contributed by atoms with Crippen LogP contribution in [0.2, 0.25) is 0 Å². The number of hydrogen-bond acceptors (Lipinski definition) is 9. The molecule has 1 unspecified atom stereocenters. The Morgan fingerprint density at radius 3 is 1.32 bits per heavy atom. The molecule has 2 aliphatic rings. The Bertz CT molecular complexity index is 761. The average molecular weight is 494 g/mol. The summed E-state index contributed by atoms with van der Waals surface area (Å²) in [6.07, 6.45) is 0.400. The van der Waals surface area contributed by atoms with Gasteiger partial charge in [0, 0.05) is 26.7 Å².